The van der Waals surface area contributed by atoms with Crippen molar-refractivity contribution in [2.24, 2.45) is 0 Å². The Hall–Kier alpha value is -0.140. The van der Waals surface area contributed by atoms with Crippen molar-refractivity contribution in [3.63, 3.8) is 0 Å². The number of hydrogen-bond acceptors (Lipinski definition) is 4. The fraction of sp³-hybridized carbons (Fsp3) is 0.500. The highest BCUT2D eigenvalue weighted by Crippen LogP contribution is 1.92. The van der Waals surface area contributed by atoms with Crippen molar-refractivity contribution in [1.29, 1.82) is 0 Å². The first kappa shape index (κ1) is 8.86. The third kappa shape index (κ3) is 1.92. The van der Waals surface area contributed by atoms with Crippen LogP contribution >= 0.6 is 0 Å². The zero-order chi connectivity index (χ0) is 7.71. The van der Waals surface area contributed by atoms with Gasteiger partial charge in [0.2, 0.25) is 0 Å². The predicted molar refractivity (Wildman–Crippen MR) is 32.3 cm³/mol. The largest absolute Gasteiger partial charge is 0.317 e. The average molecular weight is 172 g/mol. The van der Waals surface area contributed by atoms with Gasteiger partial charge < -0.3 is 0 Å². The minimum atomic E-state index is -4.22. The van der Waals surface area contributed by atoms with Crippen molar-refractivity contribution in [3.05, 3.63) is 7.05 Å². The Morgan fingerprint density at radius 1 is 1.22 bits per heavy atom. The van der Waals surface area contributed by atoms with E-state index in [-0.39, 0.29) is 0 Å². The lowest BCUT2D eigenvalue weighted by Gasteiger charge is -1.94. The summed E-state index contributed by atoms with van der Waals surface area (Å²) >= 11 is 0. The first-order valence-electron chi connectivity index (χ1n) is 1.80. The van der Waals surface area contributed by atoms with E-state index in [0.29, 0.717) is 6.26 Å². The van der Waals surface area contributed by atoms with Crippen LogP contribution in [0.25, 0.3) is 0 Å². The summed E-state index contributed by atoms with van der Waals surface area (Å²) < 4.78 is 42.3. The SMILES string of the molecule is [CH2]NS(=O)(=O)S(C)(=O)=O. The van der Waals surface area contributed by atoms with E-state index in [1.165, 1.54) is 4.72 Å². The molecular weight excluding hydrogens is 166 g/mol. The average Bonchev–Trinajstić information content (AvgIpc) is 1.64. The summed E-state index contributed by atoms with van der Waals surface area (Å²) in [6.07, 6.45) is 0.584. The fourth-order valence-corrected chi connectivity index (χ4v) is 0.963. The molecule has 0 spiro atoms. The molecule has 0 aliphatic rings. The second kappa shape index (κ2) is 2.24. The molecule has 1 radical (unpaired) electrons. The molecule has 0 amide bonds. The van der Waals surface area contributed by atoms with Gasteiger partial charge in [0.05, 0.1) is 6.26 Å². The first-order chi connectivity index (χ1) is 3.81. The second-order valence-corrected chi connectivity index (χ2v) is 7.04. The summed E-state index contributed by atoms with van der Waals surface area (Å²) in [5, 5.41) is 0. The van der Waals surface area contributed by atoms with E-state index in [1.807, 2.05) is 0 Å². The Kier molecular flexibility index (Phi) is 2.20. The third-order valence-electron chi connectivity index (χ3n) is 0.575. The van der Waals surface area contributed by atoms with E-state index < -0.39 is 17.9 Å². The monoisotopic (exact) mass is 172 g/mol. The molecule has 7 heteroatoms. The number of hydrogen-bond donors (Lipinski definition) is 1. The van der Waals surface area contributed by atoms with Crippen molar-refractivity contribution in [1.82, 2.24) is 4.72 Å². The highest BCUT2D eigenvalue weighted by molar-refractivity contribution is 8.66. The quantitative estimate of drug-likeness (QED) is 0.522. The van der Waals surface area contributed by atoms with Crippen LogP contribution in [0.1, 0.15) is 0 Å². The highest BCUT2D eigenvalue weighted by atomic mass is 33.2. The van der Waals surface area contributed by atoms with Crippen molar-refractivity contribution in [3.8, 4) is 0 Å². The van der Waals surface area contributed by atoms with Gasteiger partial charge in [-0.1, -0.05) is 0 Å². The molecule has 0 aromatic heterocycles. The van der Waals surface area contributed by atoms with Gasteiger partial charge in [-0.15, -0.1) is 0 Å². The Bertz CT molecular complexity index is 272. The Morgan fingerprint density at radius 2 is 1.56 bits per heavy atom. The molecule has 0 bridgehead atoms. The molecule has 0 aromatic rings. The molecule has 0 aliphatic carbocycles. The van der Waals surface area contributed by atoms with Gasteiger partial charge in [0, 0.05) is 7.05 Å². The number of nitrogens with one attached hydrogen (secondary N) is 1. The second-order valence-electron chi connectivity index (χ2n) is 1.30. The molecule has 55 valence electrons. The molecule has 1 N–H and O–H groups in total. The van der Waals surface area contributed by atoms with Crippen LogP contribution in [0.15, 0.2) is 0 Å². The normalized spacial score (nSPS) is 13.6. The van der Waals surface area contributed by atoms with Gasteiger partial charge >= 0.3 is 9.06 Å². The van der Waals surface area contributed by atoms with E-state index >= 15 is 0 Å². The van der Waals surface area contributed by atoms with Crippen LogP contribution in [0.5, 0.6) is 0 Å². The van der Waals surface area contributed by atoms with Crippen LogP contribution in [-0.2, 0) is 17.9 Å². The molecule has 0 rings (SSSR count). The molecule has 0 aromatic carbocycles. The highest BCUT2D eigenvalue weighted by Gasteiger charge is 2.20. The maximum atomic E-state index is 10.3. The summed E-state index contributed by atoms with van der Waals surface area (Å²) in [7, 11) is -5.57. The summed E-state index contributed by atoms with van der Waals surface area (Å²) in [5.41, 5.74) is 0. The van der Waals surface area contributed by atoms with Gasteiger partial charge in [0.15, 0.2) is 0 Å². The molecule has 0 atom stereocenters. The smallest absolute Gasteiger partial charge is 0.212 e. The van der Waals surface area contributed by atoms with E-state index in [4.69, 9.17) is 0 Å². The molecule has 5 nitrogen and oxygen atoms in total. The first-order valence-corrected chi connectivity index (χ1v) is 5.69. The molecule has 0 unspecified atom stereocenters. The van der Waals surface area contributed by atoms with Gasteiger partial charge in [-0.3, -0.25) is 0 Å². The molecular formula is C2H6NO4S2. The Morgan fingerprint density at radius 3 is 1.56 bits per heavy atom. The van der Waals surface area contributed by atoms with Gasteiger partial charge in [-0.25, -0.2) is 13.1 Å². The summed E-state index contributed by atoms with van der Waals surface area (Å²) in [6.45, 7) is 0. The molecule has 0 fully saturated rings. The lowest BCUT2D eigenvalue weighted by Crippen LogP contribution is -2.24. The standard InChI is InChI=1S/C2H6NO4S2/c1-3-9(6,7)8(2,4)5/h3H,1H2,2H3. The molecule has 0 saturated heterocycles. The predicted octanol–water partition coefficient (Wildman–Crippen LogP) is -1.34. The Balaban J connectivity index is 5.07. The van der Waals surface area contributed by atoms with Crippen LogP contribution in [0.2, 0.25) is 0 Å². The van der Waals surface area contributed by atoms with Gasteiger partial charge in [0.1, 0.15) is 0 Å². The van der Waals surface area contributed by atoms with Gasteiger partial charge in [0.25, 0.3) is 8.87 Å². The van der Waals surface area contributed by atoms with Crippen LogP contribution in [-0.4, -0.2) is 23.1 Å². The minimum Gasteiger partial charge on any atom is -0.212 e. The van der Waals surface area contributed by atoms with Crippen LogP contribution in [0, 0.1) is 7.05 Å². The maximum Gasteiger partial charge on any atom is 0.317 e. The van der Waals surface area contributed by atoms with Crippen LogP contribution in [0.4, 0.5) is 0 Å². The number of rotatable bonds is 2. The summed E-state index contributed by atoms with van der Waals surface area (Å²) in [5.74, 6) is 0. The topological polar surface area (TPSA) is 80.3 Å². The lowest BCUT2D eigenvalue weighted by atomic mass is 11.6. The minimum absolute atomic E-state index is 0.584. The zero-order valence-corrected chi connectivity index (χ0v) is 6.29. The lowest BCUT2D eigenvalue weighted by molar-refractivity contribution is 0.582. The van der Waals surface area contributed by atoms with Crippen molar-refractivity contribution >= 4 is 17.9 Å². The van der Waals surface area contributed by atoms with Crippen molar-refractivity contribution < 1.29 is 16.8 Å². The fourth-order valence-electron chi connectivity index (χ4n) is 0.107. The molecule has 0 heterocycles. The summed E-state index contributed by atoms with van der Waals surface area (Å²) in [4.78, 5) is 0. The molecule has 9 heavy (non-hydrogen) atoms. The zero-order valence-electron chi connectivity index (χ0n) is 4.66. The Labute approximate surface area is 53.4 Å². The van der Waals surface area contributed by atoms with Gasteiger partial charge in [-0.05, 0) is 0 Å². The molecule has 0 aliphatic heterocycles. The van der Waals surface area contributed by atoms with Crippen molar-refractivity contribution in [2.75, 3.05) is 6.26 Å². The molecule has 0 saturated carbocycles. The van der Waals surface area contributed by atoms with Crippen LogP contribution < -0.4 is 4.72 Å². The van der Waals surface area contributed by atoms with Crippen LogP contribution in [0.3, 0.4) is 0 Å². The van der Waals surface area contributed by atoms with E-state index in [1.54, 1.807) is 0 Å². The third-order valence-corrected chi connectivity index (χ3v) is 4.47. The maximum absolute atomic E-state index is 10.3. The van der Waals surface area contributed by atoms with Crippen molar-refractivity contribution in [2.45, 2.75) is 0 Å². The van der Waals surface area contributed by atoms with E-state index in [2.05, 4.69) is 7.05 Å². The summed E-state index contributed by atoms with van der Waals surface area (Å²) in [6, 6.07) is 0. The van der Waals surface area contributed by atoms with E-state index in [9.17, 15) is 16.8 Å². The van der Waals surface area contributed by atoms with E-state index in [0.717, 1.165) is 0 Å². The van der Waals surface area contributed by atoms with Gasteiger partial charge in [-0.2, -0.15) is 8.42 Å².